The van der Waals surface area contributed by atoms with E-state index in [1.54, 1.807) is 6.07 Å². The van der Waals surface area contributed by atoms with E-state index in [-0.39, 0.29) is 5.95 Å². The average molecular weight is 372 g/mol. The van der Waals surface area contributed by atoms with E-state index in [0.29, 0.717) is 21.8 Å². The molecule has 2 N–H and O–H groups in total. The van der Waals surface area contributed by atoms with E-state index in [1.807, 2.05) is 18.4 Å². The lowest BCUT2D eigenvalue weighted by Crippen LogP contribution is -2.04. The molecule has 0 spiro atoms. The molecule has 0 aliphatic carbocycles. The Bertz CT molecular complexity index is 805. The quantitative estimate of drug-likeness (QED) is 0.698. The van der Waals surface area contributed by atoms with Crippen LogP contribution in [0.5, 0.6) is 0 Å². The van der Waals surface area contributed by atoms with Gasteiger partial charge in [-0.2, -0.15) is 19.5 Å². The van der Waals surface area contributed by atoms with E-state index < -0.39 is 0 Å². The first-order valence-corrected chi connectivity index (χ1v) is 7.88. The van der Waals surface area contributed by atoms with Crippen LogP contribution in [0.4, 0.5) is 5.95 Å². The van der Waals surface area contributed by atoms with Crippen LogP contribution in [-0.4, -0.2) is 30.8 Å². The van der Waals surface area contributed by atoms with Crippen molar-refractivity contribution in [3.8, 4) is 11.4 Å². The van der Waals surface area contributed by atoms with Crippen LogP contribution in [0.3, 0.4) is 0 Å². The Morgan fingerprint density at radius 3 is 2.85 bits per heavy atom. The third kappa shape index (κ3) is 2.23. The summed E-state index contributed by atoms with van der Waals surface area (Å²) in [6, 6.07) is 5.48. The summed E-state index contributed by atoms with van der Waals surface area (Å²) in [5, 5.41) is 5.46. The summed E-state index contributed by atoms with van der Waals surface area (Å²) in [7, 11) is 0. The first-order chi connectivity index (χ1) is 9.60. The van der Waals surface area contributed by atoms with E-state index >= 15 is 0 Å². The minimum atomic E-state index is 0.247. The summed E-state index contributed by atoms with van der Waals surface area (Å²) in [5.41, 5.74) is 6.62. The summed E-state index contributed by atoms with van der Waals surface area (Å²) < 4.78 is 2.14. The molecular formula is C11H8BrClN6S. The summed E-state index contributed by atoms with van der Waals surface area (Å²) >= 11 is 10.9. The Labute approximate surface area is 131 Å². The van der Waals surface area contributed by atoms with Crippen molar-refractivity contribution in [2.75, 3.05) is 12.0 Å². The van der Waals surface area contributed by atoms with Crippen molar-refractivity contribution in [2.45, 2.75) is 5.16 Å². The van der Waals surface area contributed by atoms with Gasteiger partial charge in [0.05, 0.1) is 5.02 Å². The van der Waals surface area contributed by atoms with Gasteiger partial charge in [0.1, 0.15) is 0 Å². The molecule has 2 heterocycles. The Morgan fingerprint density at radius 2 is 2.10 bits per heavy atom. The van der Waals surface area contributed by atoms with Crippen molar-refractivity contribution in [3.63, 3.8) is 0 Å². The van der Waals surface area contributed by atoms with Crippen LogP contribution >= 0.6 is 39.3 Å². The molecule has 0 saturated carbocycles. The zero-order chi connectivity index (χ0) is 14.3. The van der Waals surface area contributed by atoms with Gasteiger partial charge in [-0.25, -0.2) is 0 Å². The molecule has 0 atom stereocenters. The van der Waals surface area contributed by atoms with E-state index in [9.17, 15) is 0 Å². The van der Waals surface area contributed by atoms with Gasteiger partial charge >= 0.3 is 0 Å². The highest BCUT2D eigenvalue weighted by atomic mass is 79.9. The second-order valence-corrected chi connectivity index (χ2v) is 5.79. The number of hydrogen-bond acceptors (Lipinski definition) is 6. The molecule has 0 aliphatic rings. The number of anilines is 1. The Hall–Kier alpha value is -1.38. The predicted molar refractivity (Wildman–Crippen MR) is 82.9 cm³/mol. The number of benzene rings is 1. The minimum Gasteiger partial charge on any atom is -0.368 e. The largest absolute Gasteiger partial charge is 0.368 e. The molecule has 0 amide bonds. The zero-order valence-corrected chi connectivity index (χ0v) is 13.4. The van der Waals surface area contributed by atoms with Crippen molar-refractivity contribution in [3.05, 3.63) is 27.7 Å². The fourth-order valence-corrected chi connectivity index (χ4v) is 2.64. The fraction of sp³-hybridized carbons (Fsp3) is 0.0909. The van der Waals surface area contributed by atoms with Crippen LogP contribution in [0.2, 0.25) is 5.02 Å². The minimum absolute atomic E-state index is 0.247. The maximum absolute atomic E-state index is 6.08. The maximum Gasteiger partial charge on any atom is 0.258 e. The molecule has 3 rings (SSSR count). The lowest BCUT2D eigenvalue weighted by Gasteiger charge is -2.00. The number of thioether (sulfide) groups is 1. The standard InChI is InChI=1S/C11H8BrClN6S/c1-20-11-16-9(14)19-10(17-11)15-8(18-19)5-3-2-4-6(13)7(5)12/h2-4H,1H3,(H2,14,15,16,17,18). The maximum atomic E-state index is 6.08. The highest BCUT2D eigenvalue weighted by Gasteiger charge is 2.15. The van der Waals surface area contributed by atoms with Gasteiger partial charge in [-0.3, -0.25) is 0 Å². The lowest BCUT2D eigenvalue weighted by molar-refractivity contribution is 0.851. The van der Waals surface area contributed by atoms with Crippen LogP contribution < -0.4 is 5.73 Å². The van der Waals surface area contributed by atoms with Gasteiger partial charge in [0.15, 0.2) is 11.0 Å². The lowest BCUT2D eigenvalue weighted by atomic mass is 10.2. The topological polar surface area (TPSA) is 82.0 Å². The molecule has 0 saturated heterocycles. The van der Waals surface area contributed by atoms with Gasteiger partial charge in [0.2, 0.25) is 5.95 Å². The molecule has 20 heavy (non-hydrogen) atoms. The van der Waals surface area contributed by atoms with E-state index in [0.717, 1.165) is 10.0 Å². The van der Waals surface area contributed by atoms with Gasteiger partial charge in [-0.05, 0) is 34.3 Å². The summed E-state index contributed by atoms with van der Waals surface area (Å²) in [5.74, 6) is 1.14. The number of nitrogen functional groups attached to an aromatic ring is 1. The molecule has 9 heteroatoms. The number of aromatic nitrogens is 5. The SMILES string of the molecule is CSc1nc(N)n2nc(-c3cccc(Cl)c3Br)nc2n1. The highest BCUT2D eigenvalue weighted by Crippen LogP contribution is 2.32. The fourth-order valence-electron chi connectivity index (χ4n) is 1.67. The molecule has 0 bridgehead atoms. The Balaban J connectivity index is 2.23. The number of rotatable bonds is 2. The molecule has 6 nitrogen and oxygen atoms in total. The molecule has 0 unspecified atom stereocenters. The monoisotopic (exact) mass is 370 g/mol. The second-order valence-electron chi connectivity index (χ2n) is 3.82. The van der Waals surface area contributed by atoms with E-state index in [2.05, 4.69) is 36.0 Å². The van der Waals surface area contributed by atoms with Crippen molar-refractivity contribution in [2.24, 2.45) is 0 Å². The number of nitrogens with zero attached hydrogens (tertiary/aromatic N) is 5. The van der Waals surface area contributed by atoms with Gasteiger partial charge in [-0.15, -0.1) is 5.10 Å². The zero-order valence-electron chi connectivity index (χ0n) is 10.2. The summed E-state index contributed by atoms with van der Waals surface area (Å²) in [6.07, 6.45) is 1.87. The summed E-state index contributed by atoms with van der Waals surface area (Å²) in [6.45, 7) is 0. The molecule has 2 aromatic heterocycles. The van der Waals surface area contributed by atoms with Crippen LogP contribution in [0.25, 0.3) is 17.2 Å². The second kappa shape index (κ2) is 5.19. The van der Waals surface area contributed by atoms with Crippen LogP contribution in [-0.2, 0) is 0 Å². The third-order valence-corrected chi connectivity index (χ3v) is 4.53. The number of nitrogens with two attached hydrogens (primary N) is 1. The third-order valence-electron chi connectivity index (χ3n) is 2.59. The number of hydrogen-bond donors (Lipinski definition) is 1. The predicted octanol–water partition coefficient (Wildman–Crippen LogP) is 2.91. The first kappa shape index (κ1) is 13.6. The van der Waals surface area contributed by atoms with Crippen LogP contribution in [0.15, 0.2) is 27.8 Å². The normalized spacial score (nSPS) is 11.2. The average Bonchev–Trinajstić information content (AvgIpc) is 2.86. The Kier molecular flexibility index (Phi) is 3.53. The van der Waals surface area contributed by atoms with Gasteiger partial charge in [0, 0.05) is 10.0 Å². The van der Waals surface area contributed by atoms with Crippen molar-refractivity contribution in [1.82, 2.24) is 24.6 Å². The molecule has 0 radical (unpaired) electrons. The first-order valence-electron chi connectivity index (χ1n) is 5.49. The van der Waals surface area contributed by atoms with Gasteiger partial charge < -0.3 is 5.73 Å². The molecule has 0 aliphatic heterocycles. The molecule has 102 valence electrons. The van der Waals surface area contributed by atoms with Crippen molar-refractivity contribution >= 4 is 51.0 Å². The Morgan fingerprint density at radius 1 is 1.30 bits per heavy atom. The number of fused-ring (bicyclic) bond motifs is 1. The van der Waals surface area contributed by atoms with Gasteiger partial charge in [-0.1, -0.05) is 29.4 Å². The van der Waals surface area contributed by atoms with E-state index in [4.69, 9.17) is 17.3 Å². The smallest absolute Gasteiger partial charge is 0.258 e. The molecular weight excluding hydrogens is 364 g/mol. The van der Waals surface area contributed by atoms with Crippen molar-refractivity contribution < 1.29 is 0 Å². The van der Waals surface area contributed by atoms with Crippen LogP contribution in [0, 0.1) is 0 Å². The van der Waals surface area contributed by atoms with Crippen LogP contribution in [0.1, 0.15) is 0 Å². The molecule has 3 aromatic rings. The molecule has 1 aromatic carbocycles. The van der Waals surface area contributed by atoms with Gasteiger partial charge in [0.25, 0.3) is 5.78 Å². The molecule has 0 fully saturated rings. The van der Waals surface area contributed by atoms with Crippen molar-refractivity contribution in [1.29, 1.82) is 0 Å². The summed E-state index contributed by atoms with van der Waals surface area (Å²) in [4.78, 5) is 12.8. The van der Waals surface area contributed by atoms with E-state index in [1.165, 1.54) is 16.3 Å². The highest BCUT2D eigenvalue weighted by molar-refractivity contribution is 9.10. The number of halogens is 2.